The zero-order chi connectivity index (χ0) is 21.3. The molecule has 1 N–H and O–H groups in total. The van der Waals surface area contributed by atoms with Crippen molar-refractivity contribution in [1.82, 2.24) is 14.8 Å². The minimum atomic E-state index is -0.924. The summed E-state index contributed by atoms with van der Waals surface area (Å²) in [6.07, 6.45) is 11.0. The van der Waals surface area contributed by atoms with Crippen molar-refractivity contribution in [2.45, 2.75) is 52.0 Å². The fourth-order valence-corrected chi connectivity index (χ4v) is 3.45. The first-order valence-corrected chi connectivity index (χ1v) is 10.4. The first kappa shape index (κ1) is 21.3. The van der Waals surface area contributed by atoms with Gasteiger partial charge in [0.15, 0.2) is 5.82 Å². The summed E-state index contributed by atoms with van der Waals surface area (Å²) >= 11 is 0. The Morgan fingerprint density at radius 2 is 1.90 bits per heavy atom. The lowest BCUT2D eigenvalue weighted by atomic mass is 9.98. The highest BCUT2D eigenvalue weighted by Gasteiger charge is 2.13. The van der Waals surface area contributed by atoms with Gasteiger partial charge >= 0.3 is 5.97 Å². The van der Waals surface area contributed by atoms with Gasteiger partial charge in [-0.1, -0.05) is 62.2 Å². The van der Waals surface area contributed by atoms with Crippen LogP contribution in [0.4, 0.5) is 0 Å². The van der Waals surface area contributed by atoms with Crippen LogP contribution < -0.4 is 0 Å². The van der Waals surface area contributed by atoms with Gasteiger partial charge in [-0.15, -0.1) is 12.3 Å². The molecule has 0 saturated heterocycles. The van der Waals surface area contributed by atoms with Gasteiger partial charge in [0.25, 0.3) is 0 Å². The Kier molecular flexibility index (Phi) is 7.40. The summed E-state index contributed by atoms with van der Waals surface area (Å²) in [6.45, 7) is 2.85. The number of unbranched alkanes of at least 4 members (excludes halogenated alkanes) is 2. The predicted octanol–water partition coefficient (Wildman–Crippen LogP) is 4.99. The highest BCUT2D eigenvalue weighted by atomic mass is 16.4. The van der Waals surface area contributed by atoms with Crippen LogP contribution in [-0.2, 0) is 19.4 Å². The molecule has 1 heterocycles. The van der Waals surface area contributed by atoms with E-state index in [2.05, 4.69) is 17.9 Å². The summed E-state index contributed by atoms with van der Waals surface area (Å²) in [5.41, 5.74) is 3.00. The summed E-state index contributed by atoms with van der Waals surface area (Å²) in [5, 5.41) is 14.1. The smallest absolute Gasteiger partial charge is 0.336 e. The van der Waals surface area contributed by atoms with E-state index < -0.39 is 5.97 Å². The lowest BCUT2D eigenvalue weighted by molar-refractivity contribution is 0.0697. The molecule has 0 saturated carbocycles. The van der Waals surface area contributed by atoms with Gasteiger partial charge in [-0.3, -0.25) is 0 Å². The molecule has 3 rings (SSSR count). The maximum absolute atomic E-state index is 11.5. The normalized spacial score (nSPS) is 10.7. The third kappa shape index (κ3) is 5.36. The molecular formula is C25H27N3O2. The van der Waals surface area contributed by atoms with Gasteiger partial charge in [0.1, 0.15) is 5.82 Å². The lowest BCUT2D eigenvalue weighted by Gasteiger charge is -2.08. The van der Waals surface area contributed by atoms with E-state index in [1.165, 1.54) is 12.8 Å². The fraction of sp³-hybridized carbons (Fsp3) is 0.320. The zero-order valence-corrected chi connectivity index (χ0v) is 17.3. The summed E-state index contributed by atoms with van der Waals surface area (Å²) in [6, 6.07) is 15.0. The highest BCUT2D eigenvalue weighted by Crippen LogP contribution is 2.24. The number of carbonyl (C=O) groups is 1. The second kappa shape index (κ2) is 10.4. The molecular weight excluding hydrogens is 374 g/mol. The van der Waals surface area contributed by atoms with E-state index >= 15 is 0 Å². The Morgan fingerprint density at radius 3 is 2.60 bits per heavy atom. The van der Waals surface area contributed by atoms with Crippen molar-refractivity contribution in [3.63, 3.8) is 0 Å². The molecule has 5 heteroatoms. The van der Waals surface area contributed by atoms with Gasteiger partial charge in [-0.25, -0.2) is 14.5 Å². The van der Waals surface area contributed by atoms with Gasteiger partial charge in [0.2, 0.25) is 0 Å². The number of carboxylic acid groups (broad SMARTS) is 1. The number of aromatic carboxylic acids is 1. The first-order chi connectivity index (χ1) is 14.6. The number of aryl methyl sites for hydroxylation is 2. The van der Waals surface area contributed by atoms with E-state index in [1.807, 2.05) is 41.1 Å². The third-order valence-corrected chi connectivity index (χ3v) is 5.05. The van der Waals surface area contributed by atoms with Crippen LogP contribution in [0.2, 0.25) is 0 Å². The second-order valence-electron chi connectivity index (χ2n) is 7.30. The maximum atomic E-state index is 11.5. The molecule has 0 aliphatic rings. The van der Waals surface area contributed by atoms with E-state index in [1.54, 1.807) is 12.1 Å². The Labute approximate surface area is 177 Å². The predicted molar refractivity (Wildman–Crippen MR) is 118 cm³/mol. The zero-order valence-electron chi connectivity index (χ0n) is 17.3. The fourth-order valence-electron chi connectivity index (χ4n) is 3.45. The van der Waals surface area contributed by atoms with Crippen molar-refractivity contribution in [3.05, 3.63) is 71.3 Å². The number of rotatable bonds is 10. The average Bonchev–Trinajstić information content (AvgIpc) is 3.14. The molecule has 30 heavy (non-hydrogen) atoms. The summed E-state index contributed by atoms with van der Waals surface area (Å²) < 4.78 is 1.93. The molecule has 1 aromatic heterocycles. The van der Waals surface area contributed by atoms with Crippen molar-refractivity contribution in [1.29, 1.82) is 0 Å². The molecule has 0 spiro atoms. The standard InChI is InChI=1S/C25H27N3O2/c1-3-5-7-12-23-26-24(28(27-23)17-6-4-2)18-19-13-15-20(16-14-19)21-10-8-9-11-22(21)25(29)30/h2,8-11,13-16H,3,5-7,12,17-18H2,1H3,(H,29,30). The van der Waals surface area contributed by atoms with Crippen molar-refractivity contribution in [2.75, 3.05) is 0 Å². The Hall–Kier alpha value is -3.39. The van der Waals surface area contributed by atoms with Crippen molar-refractivity contribution < 1.29 is 9.90 Å². The molecule has 0 amide bonds. The summed E-state index contributed by atoms with van der Waals surface area (Å²) in [7, 11) is 0. The van der Waals surface area contributed by atoms with Gasteiger partial charge < -0.3 is 5.11 Å². The van der Waals surface area contributed by atoms with E-state index in [4.69, 9.17) is 11.4 Å². The quantitative estimate of drug-likeness (QED) is 0.384. The van der Waals surface area contributed by atoms with E-state index in [9.17, 15) is 9.90 Å². The Bertz CT molecular complexity index is 1030. The number of hydrogen-bond donors (Lipinski definition) is 1. The molecule has 154 valence electrons. The molecule has 0 bridgehead atoms. The first-order valence-electron chi connectivity index (χ1n) is 10.4. The van der Waals surface area contributed by atoms with Crippen LogP contribution in [0.25, 0.3) is 11.1 Å². The average molecular weight is 402 g/mol. The largest absolute Gasteiger partial charge is 0.478 e. The van der Waals surface area contributed by atoms with E-state index in [-0.39, 0.29) is 0 Å². The van der Waals surface area contributed by atoms with Crippen LogP contribution in [0, 0.1) is 12.3 Å². The van der Waals surface area contributed by atoms with E-state index in [0.29, 0.717) is 30.5 Å². The maximum Gasteiger partial charge on any atom is 0.336 e. The van der Waals surface area contributed by atoms with Gasteiger partial charge in [0.05, 0.1) is 12.1 Å². The summed E-state index contributed by atoms with van der Waals surface area (Å²) in [4.78, 5) is 16.2. The van der Waals surface area contributed by atoms with Crippen molar-refractivity contribution in [2.24, 2.45) is 0 Å². The Balaban J connectivity index is 1.79. The van der Waals surface area contributed by atoms with Gasteiger partial charge in [-0.2, -0.15) is 5.10 Å². The molecule has 0 atom stereocenters. The van der Waals surface area contributed by atoms with Crippen LogP contribution in [0.1, 0.15) is 60.2 Å². The number of terminal acetylenes is 1. The molecule has 5 nitrogen and oxygen atoms in total. The number of carboxylic acids is 1. The lowest BCUT2D eigenvalue weighted by Crippen LogP contribution is -2.06. The molecule has 2 aromatic carbocycles. The van der Waals surface area contributed by atoms with Crippen LogP contribution in [0.15, 0.2) is 48.5 Å². The van der Waals surface area contributed by atoms with Gasteiger partial charge in [-0.05, 0) is 29.2 Å². The number of hydrogen-bond acceptors (Lipinski definition) is 3. The van der Waals surface area contributed by atoms with E-state index in [0.717, 1.165) is 35.6 Å². The van der Waals surface area contributed by atoms with Crippen LogP contribution in [-0.4, -0.2) is 25.8 Å². The molecule has 0 aliphatic carbocycles. The molecule has 0 unspecified atom stereocenters. The molecule has 0 fully saturated rings. The third-order valence-electron chi connectivity index (χ3n) is 5.05. The number of nitrogens with zero attached hydrogens (tertiary/aromatic N) is 3. The summed E-state index contributed by atoms with van der Waals surface area (Å²) in [5.74, 6) is 3.54. The number of benzene rings is 2. The minimum Gasteiger partial charge on any atom is -0.478 e. The SMILES string of the molecule is C#CCCn1nc(CCCCC)nc1Cc1ccc(-c2ccccc2C(=O)O)cc1. The van der Waals surface area contributed by atoms with Crippen molar-refractivity contribution >= 4 is 5.97 Å². The molecule has 0 aliphatic heterocycles. The van der Waals surface area contributed by atoms with Crippen molar-refractivity contribution in [3.8, 4) is 23.5 Å². The van der Waals surface area contributed by atoms with Crippen LogP contribution in [0.3, 0.4) is 0 Å². The topological polar surface area (TPSA) is 68.0 Å². The van der Waals surface area contributed by atoms with Crippen LogP contribution in [0.5, 0.6) is 0 Å². The highest BCUT2D eigenvalue weighted by molar-refractivity contribution is 5.95. The monoisotopic (exact) mass is 401 g/mol. The number of aromatic nitrogens is 3. The van der Waals surface area contributed by atoms with Crippen LogP contribution >= 0.6 is 0 Å². The molecule has 0 radical (unpaired) electrons. The van der Waals surface area contributed by atoms with Gasteiger partial charge in [0, 0.05) is 19.3 Å². The Morgan fingerprint density at radius 1 is 1.13 bits per heavy atom. The molecule has 3 aromatic rings. The second-order valence-corrected chi connectivity index (χ2v) is 7.30. The minimum absolute atomic E-state index is 0.302.